The van der Waals surface area contributed by atoms with Gasteiger partial charge in [-0.15, -0.1) is 0 Å². The number of aromatic nitrogens is 3. The van der Waals surface area contributed by atoms with E-state index in [1.807, 2.05) is 36.9 Å². The minimum Gasteiger partial charge on any atom is -0.359 e. The van der Waals surface area contributed by atoms with Crippen molar-refractivity contribution in [2.24, 2.45) is 5.92 Å². The van der Waals surface area contributed by atoms with Gasteiger partial charge in [0, 0.05) is 25.8 Å². The molecule has 2 aromatic heterocycles. The Hall–Kier alpha value is -3.27. The number of nitrogens with zero attached hydrogens (tertiary/aromatic N) is 4. The van der Waals surface area contributed by atoms with Gasteiger partial charge in [0.1, 0.15) is 17.6 Å². The highest BCUT2D eigenvalue weighted by atomic mass is 32.1. The third-order valence-electron chi connectivity index (χ3n) is 5.50. The normalized spacial score (nSPS) is 16.2. The molecule has 0 saturated carbocycles. The van der Waals surface area contributed by atoms with E-state index in [2.05, 4.69) is 20.6 Å². The molecule has 1 aliphatic rings. The lowest BCUT2D eigenvalue weighted by Crippen LogP contribution is -2.42. The number of hydrogen-bond acceptors (Lipinski definition) is 7. The van der Waals surface area contributed by atoms with Crippen molar-refractivity contribution in [2.75, 3.05) is 30.4 Å². The first-order chi connectivity index (χ1) is 15.3. The summed E-state index contributed by atoms with van der Waals surface area (Å²) < 4.78 is 1.70. The number of aryl methyl sites for hydroxylation is 2. The molecule has 3 aromatic rings. The largest absolute Gasteiger partial charge is 0.359 e. The summed E-state index contributed by atoms with van der Waals surface area (Å²) in [4.78, 5) is 48.4. The van der Waals surface area contributed by atoms with Gasteiger partial charge in [-0.1, -0.05) is 17.4 Å². The van der Waals surface area contributed by atoms with Gasteiger partial charge in [0.25, 0.3) is 5.56 Å². The minimum atomic E-state index is -0.299. The number of piperidine rings is 1. The number of benzene rings is 1. The number of thiazole rings is 1. The van der Waals surface area contributed by atoms with Crippen LogP contribution in [0, 0.1) is 19.8 Å². The van der Waals surface area contributed by atoms with E-state index < -0.39 is 0 Å². The molecule has 10 heteroatoms. The number of rotatable bonds is 5. The van der Waals surface area contributed by atoms with Gasteiger partial charge in [-0.2, -0.15) is 4.98 Å². The highest BCUT2D eigenvalue weighted by molar-refractivity contribution is 7.22. The van der Waals surface area contributed by atoms with Crippen molar-refractivity contribution < 1.29 is 9.59 Å². The molecule has 1 atom stereocenters. The Morgan fingerprint density at radius 2 is 1.97 bits per heavy atom. The van der Waals surface area contributed by atoms with E-state index in [0.29, 0.717) is 27.7 Å². The molecule has 168 valence electrons. The van der Waals surface area contributed by atoms with E-state index in [0.717, 1.165) is 30.5 Å². The average Bonchev–Trinajstić information content (AvgIpc) is 3.20. The molecular weight excluding hydrogens is 428 g/mol. The maximum atomic E-state index is 13.0. The Balaban J connectivity index is 1.52. The first-order valence-electron chi connectivity index (χ1n) is 10.5. The maximum Gasteiger partial charge on any atom is 0.273 e. The van der Waals surface area contributed by atoms with Crippen molar-refractivity contribution >= 4 is 44.3 Å². The number of nitrogens with one attached hydrogen (secondary N) is 2. The number of carbonyl (C=O) groups excluding carboxylic acids is 2. The van der Waals surface area contributed by atoms with Crippen LogP contribution < -0.4 is 21.1 Å². The molecular formula is C22H26N6O3S. The van der Waals surface area contributed by atoms with Gasteiger partial charge in [0.15, 0.2) is 10.8 Å². The fourth-order valence-electron chi connectivity index (χ4n) is 4.05. The summed E-state index contributed by atoms with van der Waals surface area (Å²) in [6.07, 6.45) is 3.07. The summed E-state index contributed by atoms with van der Waals surface area (Å²) in [6, 6.07) is 5.79. The van der Waals surface area contributed by atoms with Crippen LogP contribution in [0.5, 0.6) is 0 Å². The summed E-state index contributed by atoms with van der Waals surface area (Å²) >= 11 is 1.26. The maximum absolute atomic E-state index is 13.0. The van der Waals surface area contributed by atoms with Crippen molar-refractivity contribution in [1.29, 1.82) is 0 Å². The van der Waals surface area contributed by atoms with E-state index in [1.54, 1.807) is 7.05 Å². The van der Waals surface area contributed by atoms with Crippen LogP contribution in [-0.4, -0.2) is 46.5 Å². The standard InChI is InChI=1S/C22H26N6O3S/c1-13-7-14(2)9-16(8-13)25-17(29)11-28-12-24-19-18(21(28)31)32-22(26-19)27-6-4-5-15(10-27)20(30)23-3/h7-9,12,15H,4-6,10-11H2,1-3H3,(H,23,30)(H,25,29). The van der Waals surface area contributed by atoms with Crippen LogP contribution in [-0.2, 0) is 16.1 Å². The summed E-state index contributed by atoms with van der Waals surface area (Å²) in [5.74, 6) is -0.377. The van der Waals surface area contributed by atoms with Crippen molar-refractivity contribution in [3.05, 3.63) is 46.0 Å². The SMILES string of the molecule is CNC(=O)C1CCCN(c2nc3ncn(CC(=O)Nc4cc(C)cc(C)c4)c(=O)c3s2)C1. The number of anilines is 2. The van der Waals surface area contributed by atoms with Crippen LogP contribution in [0.2, 0.25) is 0 Å². The molecule has 4 rings (SSSR count). The third kappa shape index (κ3) is 4.64. The van der Waals surface area contributed by atoms with Crippen LogP contribution in [0.25, 0.3) is 10.3 Å². The van der Waals surface area contributed by atoms with Crippen molar-refractivity contribution in [3.63, 3.8) is 0 Å². The summed E-state index contributed by atoms with van der Waals surface area (Å²) in [5.41, 5.74) is 2.87. The van der Waals surface area contributed by atoms with Gasteiger partial charge < -0.3 is 15.5 Å². The molecule has 32 heavy (non-hydrogen) atoms. The molecule has 2 N–H and O–H groups in total. The quantitative estimate of drug-likeness (QED) is 0.611. The molecule has 1 saturated heterocycles. The highest BCUT2D eigenvalue weighted by Gasteiger charge is 2.27. The molecule has 0 spiro atoms. The second-order valence-electron chi connectivity index (χ2n) is 8.15. The second kappa shape index (κ2) is 9.07. The first kappa shape index (κ1) is 21.9. The number of hydrogen-bond donors (Lipinski definition) is 2. The third-order valence-corrected chi connectivity index (χ3v) is 6.59. The Morgan fingerprint density at radius 3 is 2.69 bits per heavy atom. The smallest absolute Gasteiger partial charge is 0.273 e. The Bertz CT molecular complexity index is 1210. The topological polar surface area (TPSA) is 109 Å². The first-order valence-corrected chi connectivity index (χ1v) is 11.4. The van der Waals surface area contributed by atoms with Gasteiger partial charge in [-0.05, 0) is 49.9 Å². The van der Waals surface area contributed by atoms with E-state index in [9.17, 15) is 14.4 Å². The minimum absolute atomic E-state index is 0.0195. The number of fused-ring (bicyclic) bond motifs is 1. The van der Waals surface area contributed by atoms with Crippen LogP contribution in [0.15, 0.2) is 29.3 Å². The summed E-state index contributed by atoms with van der Waals surface area (Å²) in [5, 5.41) is 6.22. The lowest BCUT2D eigenvalue weighted by molar-refractivity contribution is -0.124. The van der Waals surface area contributed by atoms with Crippen LogP contribution in [0.4, 0.5) is 10.8 Å². The summed E-state index contributed by atoms with van der Waals surface area (Å²) in [6.45, 7) is 5.13. The molecule has 9 nitrogen and oxygen atoms in total. The van der Waals surface area contributed by atoms with Crippen LogP contribution >= 0.6 is 11.3 Å². The fourth-order valence-corrected chi connectivity index (χ4v) is 5.06. The lowest BCUT2D eigenvalue weighted by Gasteiger charge is -2.31. The molecule has 1 unspecified atom stereocenters. The molecule has 1 aromatic carbocycles. The van der Waals surface area contributed by atoms with E-state index >= 15 is 0 Å². The molecule has 0 aliphatic carbocycles. The summed E-state index contributed by atoms with van der Waals surface area (Å²) in [7, 11) is 1.64. The molecule has 1 fully saturated rings. The molecule has 3 heterocycles. The van der Waals surface area contributed by atoms with Crippen molar-refractivity contribution in [2.45, 2.75) is 33.2 Å². The van der Waals surface area contributed by atoms with E-state index in [-0.39, 0.29) is 29.8 Å². The number of amides is 2. The van der Waals surface area contributed by atoms with Gasteiger partial charge in [-0.25, -0.2) is 4.98 Å². The van der Waals surface area contributed by atoms with Crippen molar-refractivity contribution in [1.82, 2.24) is 19.9 Å². The zero-order valence-corrected chi connectivity index (χ0v) is 19.2. The van der Waals surface area contributed by atoms with E-state index in [4.69, 9.17) is 0 Å². The van der Waals surface area contributed by atoms with Crippen LogP contribution in [0.3, 0.4) is 0 Å². The fraction of sp³-hybridized carbons (Fsp3) is 0.409. The lowest BCUT2D eigenvalue weighted by atomic mass is 9.98. The molecule has 1 aliphatic heterocycles. The van der Waals surface area contributed by atoms with Gasteiger partial charge in [0.05, 0.1) is 5.92 Å². The Labute approximate surface area is 189 Å². The zero-order chi connectivity index (χ0) is 22.8. The second-order valence-corrected chi connectivity index (χ2v) is 9.13. The number of carbonyl (C=O) groups is 2. The Morgan fingerprint density at radius 1 is 1.22 bits per heavy atom. The highest BCUT2D eigenvalue weighted by Crippen LogP contribution is 2.29. The predicted molar refractivity (Wildman–Crippen MR) is 125 cm³/mol. The van der Waals surface area contributed by atoms with Crippen LogP contribution in [0.1, 0.15) is 24.0 Å². The molecule has 0 radical (unpaired) electrons. The van der Waals surface area contributed by atoms with Gasteiger partial charge in [-0.3, -0.25) is 19.0 Å². The monoisotopic (exact) mass is 454 g/mol. The van der Waals surface area contributed by atoms with Crippen molar-refractivity contribution in [3.8, 4) is 0 Å². The predicted octanol–water partition coefficient (Wildman–Crippen LogP) is 2.07. The van der Waals surface area contributed by atoms with E-state index in [1.165, 1.54) is 22.2 Å². The zero-order valence-electron chi connectivity index (χ0n) is 18.3. The van der Waals surface area contributed by atoms with Gasteiger partial charge >= 0.3 is 0 Å². The molecule has 0 bridgehead atoms. The van der Waals surface area contributed by atoms with Gasteiger partial charge in [0.2, 0.25) is 11.8 Å². The molecule has 2 amide bonds. The average molecular weight is 455 g/mol. The Kier molecular flexibility index (Phi) is 6.22.